The number of carbonyl (C=O) groups excluding carboxylic acids is 2. The zero-order valence-corrected chi connectivity index (χ0v) is 29.6. The monoisotopic (exact) mass is 691 g/mol. The summed E-state index contributed by atoms with van der Waals surface area (Å²) in [6, 6.07) is 26.4. The highest BCUT2D eigenvalue weighted by Gasteiger charge is 2.36. The molecule has 0 heterocycles. The van der Waals surface area contributed by atoms with Gasteiger partial charge in [0.2, 0.25) is 11.8 Å². The van der Waals surface area contributed by atoms with Gasteiger partial charge < -0.3 is 19.7 Å². The number of sulfonamides is 1. The van der Waals surface area contributed by atoms with Gasteiger partial charge in [0.1, 0.15) is 12.6 Å². The number of nitrogens with zero attached hydrogens (tertiary/aromatic N) is 2. The summed E-state index contributed by atoms with van der Waals surface area (Å²) in [7, 11) is -1.36. The topological polar surface area (TPSA) is 105 Å². The molecule has 0 radical (unpaired) electrons. The quantitative estimate of drug-likeness (QED) is 0.174. The van der Waals surface area contributed by atoms with Crippen LogP contribution in [0, 0.1) is 6.92 Å². The lowest BCUT2D eigenvalue weighted by atomic mass is 10.0. The zero-order chi connectivity index (χ0) is 35.1. The first-order chi connectivity index (χ1) is 22.7. The summed E-state index contributed by atoms with van der Waals surface area (Å²) in [6.07, 6.45) is 0.198. The van der Waals surface area contributed by atoms with Crippen LogP contribution in [0.4, 0.5) is 5.69 Å². The summed E-state index contributed by atoms with van der Waals surface area (Å²) in [5.41, 5.74) is 2.02. The van der Waals surface area contributed by atoms with E-state index in [0.29, 0.717) is 16.3 Å². The second kappa shape index (κ2) is 15.6. The Morgan fingerprint density at radius 3 is 2.04 bits per heavy atom. The SMILES string of the molecule is COc1ccc(N(CC(=O)N(Cc2ccc(Cl)cc2)C(Cc2ccccc2)C(=O)NC(C)(C)C)S(=O)(=O)c2ccc(C)cc2)cc1OC. The molecule has 0 aliphatic rings. The molecule has 2 amide bonds. The van der Waals surface area contributed by atoms with Gasteiger partial charge in [-0.2, -0.15) is 0 Å². The molecule has 48 heavy (non-hydrogen) atoms. The standard InChI is InChI=1S/C37H42ClN3O6S/c1-26-12-19-31(20-13-26)48(44,45)41(30-18-21-33(46-5)34(23-30)47-6)25-35(42)40(24-28-14-16-29(38)17-15-28)32(36(43)39-37(2,3)4)22-27-10-8-7-9-11-27/h7-21,23,32H,22,24-25H2,1-6H3,(H,39,43). The predicted octanol–water partition coefficient (Wildman–Crippen LogP) is 6.42. The van der Waals surface area contributed by atoms with E-state index in [1.807, 2.05) is 58.0 Å². The van der Waals surface area contributed by atoms with Gasteiger partial charge in [0.15, 0.2) is 11.5 Å². The van der Waals surface area contributed by atoms with Crippen molar-refractivity contribution in [2.24, 2.45) is 0 Å². The van der Waals surface area contributed by atoms with E-state index in [4.69, 9.17) is 21.1 Å². The van der Waals surface area contributed by atoms with Gasteiger partial charge in [-0.1, -0.05) is 71.8 Å². The first kappa shape index (κ1) is 36.3. The average molecular weight is 692 g/mol. The van der Waals surface area contributed by atoms with Crippen LogP contribution < -0.4 is 19.1 Å². The highest BCUT2D eigenvalue weighted by Crippen LogP contribution is 2.34. The summed E-state index contributed by atoms with van der Waals surface area (Å²) in [5.74, 6) is -0.268. The lowest BCUT2D eigenvalue weighted by Gasteiger charge is -2.35. The number of ether oxygens (including phenoxy) is 2. The molecule has 11 heteroatoms. The van der Waals surface area contributed by atoms with Gasteiger partial charge in [-0.3, -0.25) is 13.9 Å². The van der Waals surface area contributed by atoms with E-state index in [1.165, 1.54) is 37.3 Å². The number of carbonyl (C=O) groups is 2. The molecule has 1 N–H and O–H groups in total. The number of rotatable bonds is 13. The summed E-state index contributed by atoms with van der Waals surface area (Å²) in [4.78, 5) is 30.1. The van der Waals surface area contributed by atoms with Gasteiger partial charge in [0.05, 0.1) is 24.8 Å². The maximum absolute atomic E-state index is 14.7. The van der Waals surface area contributed by atoms with Crippen LogP contribution in [0.3, 0.4) is 0 Å². The van der Waals surface area contributed by atoms with Crippen LogP contribution >= 0.6 is 11.6 Å². The fraction of sp³-hybridized carbons (Fsp3) is 0.297. The number of aryl methyl sites for hydroxylation is 1. The van der Waals surface area contributed by atoms with E-state index >= 15 is 0 Å². The third-order valence-electron chi connectivity index (χ3n) is 7.58. The van der Waals surface area contributed by atoms with Crippen molar-refractivity contribution in [2.75, 3.05) is 25.1 Å². The fourth-order valence-corrected chi connectivity index (χ4v) is 6.67. The third kappa shape index (κ3) is 9.29. The lowest BCUT2D eigenvalue weighted by Crippen LogP contribution is -2.56. The van der Waals surface area contributed by atoms with Crippen molar-refractivity contribution in [3.63, 3.8) is 0 Å². The van der Waals surface area contributed by atoms with Gasteiger partial charge in [0, 0.05) is 29.6 Å². The van der Waals surface area contributed by atoms with E-state index in [2.05, 4.69) is 5.32 Å². The van der Waals surface area contributed by atoms with Crippen molar-refractivity contribution in [3.8, 4) is 11.5 Å². The van der Waals surface area contributed by atoms with Crippen LogP contribution in [0.2, 0.25) is 5.02 Å². The number of halogens is 1. The smallest absolute Gasteiger partial charge is 0.264 e. The van der Waals surface area contributed by atoms with Crippen LogP contribution in [0.5, 0.6) is 11.5 Å². The Morgan fingerprint density at radius 2 is 1.46 bits per heavy atom. The van der Waals surface area contributed by atoms with Crippen LogP contribution in [0.25, 0.3) is 0 Å². The van der Waals surface area contributed by atoms with Crippen molar-refractivity contribution >= 4 is 39.1 Å². The molecule has 0 saturated heterocycles. The number of anilines is 1. The van der Waals surface area contributed by atoms with Crippen molar-refractivity contribution in [3.05, 3.63) is 119 Å². The number of amides is 2. The van der Waals surface area contributed by atoms with E-state index in [9.17, 15) is 18.0 Å². The average Bonchev–Trinajstić information content (AvgIpc) is 3.05. The molecule has 254 valence electrons. The molecule has 9 nitrogen and oxygen atoms in total. The Morgan fingerprint density at radius 1 is 0.833 bits per heavy atom. The minimum atomic E-state index is -4.28. The van der Waals surface area contributed by atoms with Crippen molar-refractivity contribution < 1.29 is 27.5 Å². The number of hydrogen-bond donors (Lipinski definition) is 1. The Bertz CT molecular complexity index is 1810. The Labute approximate surface area is 288 Å². The van der Waals surface area contributed by atoms with Crippen LogP contribution in [0.1, 0.15) is 37.5 Å². The van der Waals surface area contributed by atoms with Crippen LogP contribution in [-0.2, 0) is 32.6 Å². The minimum Gasteiger partial charge on any atom is -0.493 e. The molecular weight excluding hydrogens is 650 g/mol. The van der Waals surface area contributed by atoms with Crippen LogP contribution in [-0.4, -0.2) is 57.5 Å². The molecule has 0 aliphatic heterocycles. The summed E-state index contributed by atoms with van der Waals surface area (Å²) in [5, 5.41) is 3.55. The second-order valence-corrected chi connectivity index (χ2v) is 14.8. The maximum Gasteiger partial charge on any atom is 0.264 e. The van der Waals surface area contributed by atoms with Crippen molar-refractivity contribution in [1.82, 2.24) is 10.2 Å². The molecule has 4 rings (SSSR count). The summed E-state index contributed by atoms with van der Waals surface area (Å²) >= 11 is 6.17. The number of benzene rings is 4. The predicted molar refractivity (Wildman–Crippen MR) is 189 cm³/mol. The molecule has 0 aliphatic carbocycles. The van der Waals surface area contributed by atoms with Gasteiger partial charge in [-0.05, 0) is 75.2 Å². The first-order valence-corrected chi connectivity index (χ1v) is 17.2. The molecule has 0 fully saturated rings. The van der Waals surface area contributed by atoms with E-state index in [1.54, 1.807) is 48.5 Å². The molecular formula is C37H42ClN3O6S. The molecule has 1 atom stereocenters. The van der Waals surface area contributed by atoms with E-state index in [0.717, 1.165) is 15.4 Å². The second-order valence-electron chi connectivity index (χ2n) is 12.5. The minimum absolute atomic E-state index is 0.00578. The number of nitrogens with one attached hydrogen (secondary N) is 1. The molecule has 0 aromatic heterocycles. The maximum atomic E-state index is 14.7. The largest absolute Gasteiger partial charge is 0.493 e. The summed E-state index contributed by atoms with van der Waals surface area (Å²) in [6.45, 7) is 6.87. The Kier molecular flexibility index (Phi) is 11.8. The van der Waals surface area contributed by atoms with Gasteiger partial charge in [0.25, 0.3) is 10.0 Å². The third-order valence-corrected chi connectivity index (χ3v) is 9.62. The molecule has 4 aromatic carbocycles. The van der Waals surface area contributed by atoms with Gasteiger partial charge >= 0.3 is 0 Å². The van der Waals surface area contributed by atoms with Crippen molar-refractivity contribution in [2.45, 2.75) is 57.1 Å². The van der Waals surface area contributed by atoms with Gasteiger partial charge in [-0.25, -0.2) is 8.42 Å². The number of methoxy groups -OCH3 is 2. The molecule has 1 unspecified atom stereocenters. The molecule has 0 saturated carbocycles. The normalized spacial score (nSPS) is 12.1. The first-order valence-electron chi connectivity index (χ1n) is 15.4. The molecule has 4 aromatic rings. The van der Waals surface area contributed by atoms with Crippen molar-refractivity contribution in [1.29, 1.82) is 0 Å². The summed E-state index contributed by atoms with van der Waals surface area (Å²) < 4.78 is 40.5. The highest BCUT2D eigenvalue weighted by atomic mass is 35.5. The zero-order valence-electron chi connectivity index (χ0n) is 28.1. The Balaban J connectivity index is 1.85. The fourth-order valence-electron chi connectivity index (χ4n) is 5.14. The molecule has 0 spiro atoms. The number of hydrogen-bond acceptors (Lipinski definition) is 6. The van der Waals surface area contributed by atoms with Crippen LogP contribution in [0.15, 0.2) is 102 Å². The molecule has 0 bridgehead atoms. The lowest BCUT2D eigenvalue weighted by molar-refractivity contribution is -0.140. The highest BCUT2D eigenvalue weighted by molar-refractivity contribution is 7.92. The van der Waals surface area contributed by atoms with E-state index in [-0.39, 0.29) is 35.2 Å². The van der Waals surface area contributed by atoms with E-state index < -0.39 is 34.1 Å². The van der Waals surface area contributed by atoms with Gasteiger partial charge in [-0.15, -0.1) is 0 Å². The Hall–Kier alpha value is -4.54.